The average molecular weight is 295 g/mol. The van der Waals surface area contributed by atoms with Gasteiger partial charge in [0.15, 0.2) is 0 Å². The number of benzene rings is 1. The van der Waals surface area contributed by atoms with Crippen LogP contribution in [0.1, 0.15) is 10.4 Å². The SMILES string of the molecule is COCC(O)CNC(=O)c1cnc(Cl)c2ccccc12. The van der Waals surface area contributed by atoms with Crippen LogP contribution in [0.15, 0.2) is 30.5 Å². The number of amides is 1. The van der Waals surface area contributed by atoms with Crippen LogP contribution in [-0.4, -0.2) is 42.4 Å². The first-order valence-electron chi connectivity index (χ1n) is 6.12. The molecular weight excluding hydrogens is 280 g/mol. The third kappa shape index (κ3) is 3.25. The number of halogens is 1. The second-order valence-electron chi connectivity index (χ2n) is 4.33. The highest BCUT2D eigenvalue weighted by Gasteiger charge is 2.13. The number of methoxy groups -OCH3 is 1. The summed E-state index contributed by atoms with van der Waals surface area (Å²) >= 11 is 6.00. The van der Waals surface area contributed by atoms with Crippen LogP contribution in [0, 0.1) is 0 Å². The van der Waals surface area contributed by atoms with Crippen LogP contribution in [0.2, 0.25) is 5.15 Å². The van der Waals surface area contributed by atoms with Gasteiger partial charge in [-0.3, -0.25) is 4.79 Å². The Hall–Kier alpha value is -1.69. The van der Waals surface area contributed by atoms with E-state index in [-0.39, 0.29) is 19.1 Å². The van der Waals surface area contributed by atoms with Crippen molar-refractivity contribution in [2.24, 2.45) is 0 Å². The molecule has 5 nitrogen and oxygen atoms in total. The molecule has 1 aromatic carbocycles. The van der Waals surface area contributed by atoms with Gasteiger partial charge in [0.25, 0.3) is 5.91 Å². The molecule has 0 saturated carbocycles. The number of rotatable bonds is 5. The van der Waals surface area contributed by atoms with Crippen LogP contribution in [0.25, 0.3) is 10.8 Å². The zero-order valence-corrected chi connectivity index (χ0v) is 11.7. The molecule has 1 unspecified atom stereocenters. The van der Waals surface area contributed by atoms with E-state index < -0.39 is 6.10 Å². The topological polar surface area (TPSA) is 71.5 Å². The van der Waals surface area contributed by atoms with Crippen molar-refractivity contribution in [1.29, 1.82) is 0 Å². The molecule has 1 atom stereocenters. The first-order valence-corrected chi connectivity index (χ1v) is 6.49. The summed E-state index contributed by atoms with van der Waals surface area (Å²) in [4.78, 5) is 16.1. The first-order chi connectivity index (χ1) is 9.63. The zero-order chi connectivity index (χ0) is 14.5. The molecule has 0 spiro atoms. The van der Waals surface area contributed by atoms with E-state index in [0.29, 0.717) is 10.7 Å². The largest absolute Gasteiger partial charge is 0.389 e. The number of aliphatic hydroxyl groups excluding tert-OH is 1. The Kier molecular flexibility index (Phi) is 4.89. The Balaban J connectivity index is 2.20. The van der Waals surface area contributed by atoms with Crippen LogP contribution in [0.4, 0.5) is 0 Å². The van der Waals surface area contributed by atoms with Gasteiger partial charge in [-0.1, -0.05) is 35.9 Å². The van der Waals surface area contributed by atoms with Crippen molar-refractivity contribution in [2.75, 3.05) is 20.3 Å². The minimum absolute atomic E-state index is 0.115. The lowest BCUT2D eigenvalue weighted by Crippen LogP contribution is -2.34. The maximum absolute atomic E-state index is 12.1. The van der Waals surface area contributed by atoms with Crippen molar-refractivity contribution in [3.63, 3.8) is 0 Å². The normalized spacial score (nSPS) is 12.3. The van der Waals surface area contributed by atoms with Crippen molar-refractivity contribution >= 4 is 28.3 Å². The molecule has 0 saturated heterocycles. The van der Waals surface area contributed by atoms with E-state index in [2.05, 4.69) is 10.3 Å². The fourth-order valence-corrected chi connectivity index (χ4v) is 2.11. The number of carbonyl (C=O) groups is 1. The molecule has 2 rings (SSSR count). The van der Waals surface area contributed by atoms with Crippen LogP contribution < -0.4 is 5.32 Å². The quantitative estimate of drug-likeness (QED) is 0.822. The smallest absolute Gasteiger partial charge is 0.253 e. The predicted octanol–water partition coefficient (Wildman–Crippen LogP) is 1.63. The van der Waals surface area contributed by atoms with Crippen molar-refractivity contribution in [3.8, 4) is 0 Å². The van der Waals surface area contributed by atoms with Gasteiger partial charge in [-0.2, -0.15) is 0 Å². The Bertz CT molecular complexity index is 618. The number of aliphatic hydroxyl groups is 1. The van der Waals surface area contributed by atoms with Crippen LogP contribution in [0.3, 0.4) is 0 Å². The monoisotopic (exact) mass is 294 g/mol. The van der Waals surface area contributed by atoms with E-state index >= 15 is 0 Å². The summed E-state index contributed by atoms with van der Waals surface area (Å²) in [6, 6.07) is 7.28. The number of hydrogen-bond acceptors (Lipinski definition) is 4. The highest BCUT2D eigenvalue weighted by Crippen LogP contribution is 2.23. The summed E-state index contributed by atoms with van der Waals surface area (Å²) in [5.41, 5.74) is 0.426. The maximum Gasteiger partial charge on any atom is 0.253 e. The fourth-order valence-electron chi connectivity index (χ4n) is 1.90. The van der Waals surface area contributed by atoms with Crippen LogP contribution >= 0.6 is 11.6 Å². The van der Waals surface area contributed by atoms with Gasteiger partial charge in [0, 0.05) is 25.2 Å². The first kappa shape index (κ1) is 14.7. The maximum atomic E-state index is 12.1. The third-order valence-corrected chi connectivity index (χ3v) is 3.15. The highest BCUT2D eigenvalue weighted by molar-refractivity contribution is 6.34. The lowest BCUT2D eigenvalue weighted by molar-refractivity contribution is 0.0610. The standard InChI is InChI=1S/C14H15ClN2O3/c1-20-8-9(18)6-17-14(19)12-7-16-13(15)11-5-3-2-4-10(11)12/h2-5,7,9,18H,6,8H2,1H3,(H,17,19). The van der Waals surface area contributed by atoms with E-state index in [4.69, 9.17) is 16.3 Å². The summed E-state index contributed by atoms with van der Waals surface area (Å²) in [7, 11) is 1.49. The molecule has 0 aliphatic heterocycles. The predicted molar refractivity (Wildman–Crippen MR) is 77.0 cm³/mol. The third-order valence-electron chi connectivity index (χ3n) is 2.85. The molecule has 0 radical (unpaired) electrons. The van der Waals surface area contributed by atoms with Gasteiger partial charge >= 0.3 is 0 Å². The van der Waals surface area contributed by atoms with Gasteiger partial charge in [0.2, 0.25) is 0 Å². The minimum Gasteiger partial charge on any atom is -0.389 e. The molecule has 2 aromatic rings. The number of nitrogens with zero attached hydrogens (tertiary/aromatic N) is 1. The van der Waals surface area contributed by atoms with E-state index in [1.54, 1.807) is 6.07 Å². The molecule has 1 aromatic heterocycles. The minimum atomic E-state index is -0.740. The molecule has 6 heteroatoms. The number of fused-ring (bicyclic) bond motifs is 1. The molecular formula is C14H15ClN2O3. The lowest BCUT2D eigenvalue weighted by Gasteiger charge is -2.12. The number of nitrogens with one attached hydrogen (secondary N) is 1. The van der Waals surface area contributed by atoms with Crippen LogP contribution in [0.5, 0.6) is 0 Å². The van der Waals surface area contributed by atoms with Gasteiger partial charge in [0.1, 0.15) is 5.15 Å². The Labute approximate surface area is 121 Å². The Morgan fingerprint density at radius 2 is 2.15 bits per heavy atom. The Morgan fingerprint density at radius 1 is 1.45 bits per heavy atom. The van der Waals surface area contributed by atoms with E-state index in [1.807, 2.05) is 18.2 Å². The second kappa shape index (κ2) is 6.65. The molecule has 0 aliphatic carbocycles. The molecule has 1 amide bonds. The number of aromatic nitrogens is 1. The average Bonchev–Trinajstić information content (AvgIpc) is 2.46. The molecule has 1 heterocycles. The molecule has 106 valence electrons. The van der Waals surface area contributed by atoms with Crippen molar-refractivity contribution < 1.29 is 14.6 Å². The number of pyridine rings is 1. The summed E-state index contributed by atoms with van der Waals surface area (Å²) < 4.78 is 4.80. The van der Waals surface area contributed by atoms with E-state index in [0.717, 1.165) is 10.8 Å². The van der Waals surface area contributed by atoms with Gasteiger partial charge in [-0.05, 0) is 5.39 Å². The van der Waals surface area contributed by atoms with E-state index in [1.165, 1.54) is 13.3 Å². The van der Waals surface area contributed by atoms with Gasteiger partial charge in [-0.15, -0.1) is 0 Å². The van der Waals surface area contributed by atoms with Crippen molar-refractivity contribution in [3.05, 3.63) is 41.2 Å². The number of carbonyl (C=O) groups excluding carboxylic acids is 1. The van der Waals surface area contributed by atoms with E-state index in [9.17, 15) is 9.90 Å². The van der Waals surface area contributed by atoms with Crippen molar-refractivity contribution in [2.45, 2.75) is 6.10 Å². The molecule has 0 fully saturated rings. The molecule has 2 N–H and O–H groups in total. The summed E-state index contributed by atoms with van der Waals surface area (Å²) in [6.45, 7) is 0.281. The molecule has 0 bridgehead atoms. The second-order valence-corrected chi connectivity index (χ2v) is 4.69. The Morgan fingerprint density at radius 3 is 2.85 bits per heavy atom. The van der Waals surface area contributed by atoms with Crippen LogP contribution in [-0.2, 0) is 4.74 Å². The summed E-state index contributed by atoms with van der Waals surface area (Å²) in [5, 5.41) is 14.0. The zero-order valence-electron chi connectivity index (χ0n) is 11.0. The fraction of sp³-hybridized carbons (Fsp3) is 0.286. The summed E-state index contributed by atoms with van der Waals surface area (Å²) in [6.07, 6.45) is 0.693. The lowest BCUT2D eigenvalue weighted by atomic mass is 10.1. The van der Waals surface area contributed by atoms with Crippen molar-refractivity contribution in [1.82, 2.24) is 10.3 Å². The highest BCUT2D eigenvalue weighted by atomic mass is 35.5. The van der Waals surface area contributed by atoms with Gasteiger partial charge in [-0.25, -0.2) is 4.98 Å². The summed E-state index contributed by atoms with van der Waals surface area (Å²) in [5.74, 6) is -0.305. The number of hydrogen-bond donors (Lipinski definition) is 2. The van der Waals surface area contributed by atoms with Gasteiger partial charge < -0.3 is 15.2 Å². The number of ether oxygens (including phenoxy) is 1. The molecule has 20 heavy (non-hydrogen) atoms. The van der Waals surface area contributed by atoms with Gasteiger partial charge in [0.05, 0.1) is 18.3 Å². The molecule has 0 aliphatic rings.